The van der Waals surface area contributed by atoms with Crippen LogP contribution in [0.4, 0.5) is 0 Å². The third kappa shape index (κ3) is 5.11. The minimum Gasteiger partial charge on any atom is -0.493 e. The molecule has 0 spiro atoms. The fourth-order valence-electron chi connectivity index (χ4n) is 4.36. The maximum atomic E-state index is 13.8. The summed E-state index contributed by atoms with van der Waals surface area (Å²) in [5.41, 5.74) is 3.48. The quantitative estimate of drug-likeness (QED) is 0.457. The highest BCUT2D eigenvalue weighted by atomic mass is 32.1. The van der Waals surface area contributed by atoms with Crippen molar-refractivity contribution < 1.29 is 19.0 Å². The van der Waals surface area contributed by atoms with E-state index in [1.54, 1.807) is 44.8 Å². The number of nitrogens with zero attached hydrogens (tertiary/aromatic N) is 2. The summed E-state index contributed by atoms with van der Waals surface area (Å²) in [6.45, 7) is 10.2. The molecule has 1 aromatic heterocycles. The van der Waals surface area contributed by atoms with Crippen LogP contribution in [-0.2, 0) is 14.9 Å². The Balaban J connectivity index is 1.91. The van der Waals surface area contributed by atoms with Crippen molar-refractivity contribution in [2.45, 2.75) is 46.1 Å². The summed E-state index contributed by atoms with van der Waals surface area (Å²) < 4.78 is 18.4. The predicted octanol–water partition coefficient (Wildman–Crippen LogP) is 4.11. The lowest BCUT2D eigenvalue weighted by Crippen LogP contribution is -2.40. The largest absolute Gasteiger partial charge is 0.493 e. The van der Waals surface area contributed by atoms with E-state index in [0.717, 1.165) is 5.56 Å². The molecule has 2 heterocycles. The SMILES string of the molecule is CCOC(=O)C1=C(C)N=c2s/c(=C\c3ccc(C(C)(C)C)cc3)c(=O)n2[C@H]1c1ccc(OC)c(OC)c1. The first-order chi connectivity index (χ1) is 17.6. The van der Waals surface area contributed by atoms with E-state index in [1.807, 2.05) is 24.3 Å². The van der Waals surface area contributed by atoms with Gasteiger partial charge in [-0.2, -0.15) is 0 Å². The number of aromatic nitrogens is 1. The smallest absolute Gasteiger partial charge is 0.338 e. The van der Waals surface area contributed by atoms with Gasteiger partial charge >= 0.3 is 5.97 Å². The Morgan fingerprint density at radius 3 is 2.35 bits per heavy atom. The van der Waals surface area contributed by atoms with Crippen molar-refractivity contribution in [2.75, 3.05) is 20.8 Å². The molecule has 0 bridgehead atoms. The second-order valence-corrected chi connectivity index (χ2v) is 10.8. The lowest BCUT2D eigenvalue weighted by atomic mass is 9.87. The zero-order valence-electron chi connectivity index (χ0n) is 22.2. The Kier molecular flexibility index (Phi) is 7.41. The maximum absolute atomic E-state index is 13.8. The van der Waals surface area contributed by atoms with Crippen molar-refractivity contribution in [3.05, 3.63) is 90.1 Å². The van der Waals surface area contributed by atoms with Crippen molar-refractivity contribution in [1.82, 2.24) is 4.57 Å². The number of fused-ring (bicyclic) bond motifs is 1. The first kappa shape index (κ1) is 26.4. The van der Waals surface area contributed by atoms with E-state index in [2.05, 4.69) is 37.9 Å². The molecule has 194 valence electrons. The Morgan fingerprint density at radius 2 is 1.76 bits per heavy atom. The summed E-state index contributed by atoms with van der Waals surface area (Å²) in [6, 6.07) is 12.8. The van der Waals surface area contributed by atoms with E-state index in [-0.39, 0.29) is 17.6 Å². The minimum absolute atomic E-state index is 0.0400. The van der Waals surface area contributed by atoms with Crippen molar-refractivity contribution in [2.24, 2.45) is 4.99 Å². The summed E-state index contributed by atoms with van der Waals surface area (Å²) >= 11 is 1.30. The van der Waals surface area contributed by atoms with Gasteiger partial charge in [0.25, 0.3) is 5.56 Å². The van der Waals surface area contributed by atoms with Gasteiger partial charge in [0.1, 0.15) is 0 Å². The first-order valence-corrected chi connectivity index (χ1v) is 12.9. The van der Waals surface area contributed by atoms with Gasteiger partial charge in [0.15, 0.2) is 16.3 Å². The second kappa shape index (κ2) is 10.4. The highest BCUT2D eigenvalue weighted by molar-refractivity contribution is 7.07. The van der Waals surface area contributed by atoms with E-state index in [1.165, 1.54) is 16.9 Å². The monoisotopic (exact) mass is 520 g/mol. The van der Waals surface area contributed by atoms with E-state index in [4.69, 9.17) is 14.2 Å². The van der Waals surface area contributed by atoms with Gasteiger partial charge in [-0.15, -0.1) is 0 Å². The molecule has 7 nitrogen and oxygen atoms in total. The molecule has 1 aliphatic heterocycles. The molecule has 3 aromatic rings. The van der Waals surface area contributed by atoms with Gasteiger partial charge in [0.05, 0.1) is 42.7 Å². The molecule has 1 atom stereocenters. The molecular formula is C29H32N2O5S. The first-order valence-electron chi connectivity index (χ1n) is 12.1. The van der Waals surface area contributed by atoms with Gasteiger partial charge in [0.2, 0.25) is 0 Å². The zero-order valence-corrected chi connectivity index (χ0v) is 23.1. The van der Waals surface area contributed by atoms with Crippen LogP contribution in [0.5, 0.6) is 11.5 Å². The van der Waals surface area contributed by atoms with Crippen LogP contribution >= 0.6 is 11.3 Å². The van der Waals surface area contributed by atoms with Gasteiger partial charge in [-0.1, -0.05) is 62.4 Å². The summed E-state index contributed by atoms with van der Waals surface area (Å²) in [6.07, 6.45) is 1.87. The molecule has 0 aliphatic carbocycles. The fraction of sp³-hybridized carbons (Fsp3) is 0.345. The highest BCUT2D eigenvalue weighted by Crippen LogP contribution is 2.36. The molecule has 37 heavy (non-hydrogen) atoms. The molecule has 1 aliphatic rings. The number of hydrogen-bond donors (Lipinski definition) is 0. The molecule has 0 fully saturated rings. The number of esters is 1. The average molecular weight is 521 g/mol. The van der Waals surface area contributed by atoms with Crippen LogP contribution in [-0.4, -0.2) is 31.4 Å². The summed E-state index contributed by atoms with van der Waals surface area (Å²) in [5.74, 6) is 0.547. The molecule has 2 aromatic carbocycles. The van der Waals surface area contributed by atoms with Crippen LogP contribution in [0.3, 0.4) is 0 Å². The van der Waals surface area contributed by atoms with Gasteiger partial charge in [-0.3, -0.25) is 9.36 Å². The molecular weight excluding hydrogens is 488 g/mol. The zero-order chi connectivity index (χ0) is 26.9. The van der Waals surface area contributed by atoms with Gasteiger partial charge < -0.3 is 14.2 Å². The number of ether oxygens (including phenoxy) is 3. The maximum Gasteiger partial charge on any atom is 0.338 e. The summed E-state index contributed by atoms with van der Waals surface area (Å²) in [4.78, 5) is 32.0. The highest BCUT2D eigenvalue weighted by Gasteiger charge is 2.34. The number of methoxy groups -OCH3 is 2. The summed E-state index contributed by atoms with van der Waals surface area (Å²) in [7, 11) is 3.11. The second-order valence-electron chi connectivity index (χ2n) is 9.79. The van der Waals surface area contributed by atoms with Crippen LogP contribution in [0.2, 0.25) is 0 Å². The Hall–Kier alpha value is -3.65. The van der Waals surface area contributed by atoms with E-state index < -0.39 is 12.0 Å². The molecule has 8 heteroatoms. The minimum atomic E-state index is -0.722. The molecule has 0 amide bonds. The molecule has 4 rings (SSSR count). The van der Waals surface area contributed by atoms with Crippen LogP contribution in [0.1, 0.15) is 57.4 Å². The number of carbonyl (C=O) groups is 1. The number of hydrogen-bond acceptors (Lipinski definition) is 7. The Morgan fingerprint density at radius 1 is 1.08 bits per heavy atom. The molecule has 0 N–H and O–H groups in total. The van der Waals surface area contributed by atoms with Crippen molar-refractivity contribution >= 4 is 23.4 Å². The standard InChI is InChI=1S/C29H32N2O5S/c1-8-36-27(33)24-17(2)30-28-31(25(24)19-11-14-21(34-6)22(16-19)35-7)26(32)23(37-28)15-18-9-12-20(13-10-18)29(3,4)5/h9-16,25H,8H2,1-7H3/b23-15-/t25-/m0/s1. The molecule has 0 saturated carbocycles. The predicted molar refractivity (Wildman–Crippen MR) is 145 cm³/mol. The van der Waals surface area contributed by atoms with Crippen molar-refractivity contribution in [3.63, 3.8) is 0 Å². The van der Waals surface area contributed by atoms with Crippen LogP contribution in [0.25, 0.3) is 6.08 Å². The van der Waals surface area contributed by atoms with Gasteiger partial charge in [0, 0.05) is 0 Å². The van der Waals surface area contributed by atoms with E-state index in [0.29, 0.717) is 37.7 Å². The average Bonchev–Trinajstić information content (AvgIpc) is 3.16. The lowest BCUT2D eigenvalue weighted by Gasteiger charge is -2.25. The van der Waals surface area contributed by atoms with Gasteiger partial charge in [-0.05, 0) is 54.2 Å². The Labute approximate surface area is 220 Å². The van der Waals surface area contributed by atoms with E-state index >= 15 is 0 Å². The number of allylic oxidation sites excluding steroid dienone is 1. The van der Waals surface area contributed by atoms with Crippen molar-refractivity contribution in [3.8, 4) is 11.5 Å². The fourth-order valence-corrected chi connectivity index (χ4v) is 5.41. The van der Waals surface area contributed by atoms with Crippen LogP contribution < -0.4 is 24.4 Å². The number of benzene rings is 2. The Bertz CT molecular complexity index is 1540. The van der Waals surface area contributed by atoms with Crippen LogP contribution in [0, 0.1) is 0 Å². The molecule has 0 saturated heterocycles. The molecule has 0 radical (unpaired) electrons. The van der Waals surface area contributed by atoms with Crippen molar-refractivity contribution in [1.29, 1.82) is 0 Å². The third-order valence-electron chi connectivity index (χ3n) is 6.31. The summed E-state index contributed by atoms with van der Waals surface area (Å²) in [5, 5.41) is 0. The lowest BCUT2D eigenvalue weighted by molar-refractivity contribution is -0.139. The van der Waals surface area contributed by atoms with Crippen LogP contribution in [0.15, 0.2) is 63.5 Å². The van der Waals surface area contributed by atoms with E-state index in [9.17, 15) is 9.59 Å². The number of rotatable bonds is 6. The van der Waals surface area contributed by atoms with Gasteiger partial charge in [-0.25, -0.2) is 9.79 Å². The number of thiazole rings is 1. The topological polar surface area (TPSA) is 79.1 Å². The third-order valence-corrected chi connectivity index (χ3v) is 7.30. The normalized spacial score (nSPS) is 15.8. The molecule has 0 unspecified atom stereocenters. The number of carbonyl (C=O) groups excluding carboxylic acids is 1.